The zero-order valence-electron chi connectivity index (χ0n) is 15.4. The third kappa shape index (κ3) is 3.91. The Morgan fingerprint density at radius 1 is 1.22 bits per heavy atom. The van der Waals surface area contributed by atoms with Gasteiger partial charge in [0, 0.05) is 37.8 Å². The van der Waals surface area contributed by atoms with Gasteiger partial charge in [0.2, 0.25) is 0 Å². The molecule has 146 valence electrons. The fourth-order valence-corrected chi connectivity index (χ4v) is 4.25. The van der Waals surface area contributed by atoms with Crippen LogP contribution in [0.4, 0.5) is 0 Å². The number of rotatable bonds is 3. The van der Waals surface area contributed by atoms with Gasteiger partial charge in [-0.2, -0.15) is 0 Å². The number of amides is 1. The number of carbonyl (C=O) groups excluding carboxylic acids is 1. The smallest absolute Gasteiger partial charge is 0.273 e. The van der Waals surface area contributed by atoms with E-state index in [2.05, 4.69) is 35.4 Å². The number of nitrogens with one attached hydrogen (secondary N) is 1. The van der Waals surface area contributed by atoms with Gasteiger partial charge in [0.1, 0.15) is 11.4 Å². The van der Waals surface area contributed by atoms with Gasteiger partial charge in [-0.25, -0.2) is 0 Å². The summed E-state index contributed by atoms with van der Waals surface area (Å²) in [7, 11) is 1.60. The van der Waals surface area contributed by atoms with Crippen LogP contribution in [0.3, 0.4) is 0 Å². The number of hydrogen-bond donors (Lipinski definition) is 1. The highest BCUT2D eigenvalue weighted by atomic mass is 35.5. The van der Waals surface area contributed by atoms with Crippen molar-refractivity contribution < 1.29 is 9.53 Å². The molecule has 1 N–H and O–H groups in total. The summed E-state index contributed by atoms with van der Waals surface area (Å²) in [4.78, 5) is 19.5. The predicted octanol–water partition coefficient (Wildman–Crippen LogP) is 3.27. The van der Waals surface area contributed by atoms with E-state index in [0.29, 0.717) is 23.3 Å². The van der Waals surface area contributed by atoms with Crippen molar-refractivity contribution in [3.8, 4) is 5.75 Å². The van der Waals surface area contributed by atoms with E-state index in [1.165, 1.54) is 11.1 Å². The van der Waals surface area contributed by atoms with Crippen LogP contribution >= 0.6 is 24.8 Å². The maximum Gasteiger partial charge on any atom is 0.273 e. The lowest BCUT2D eigenvalue weighted by Crippen LogP contribution is -2.35. The van der Waals surface area contributed by atoms with Gasteiger partial charge < -0.3 is 15.0 Å². The molecule has 2 aromatic rings. The third-order valence-corrected chi connectivity index (χ3v) is 5.52. The van der Waals surface area contributed by atoms with E-state index in [1.807, 2.05) is 11.0 Å². The van der Waals surface area contributed by atoms with Crippen molar-refractivity contribution in [2.75, 3.05) is 26.7 Å². The summed E-state index contributed by atoms with van der Waals surface area (Å²) >= 11 is 0. The highest BCUT2D eigenvalue weighted by molar-refractivity contribution is 5.93. The molecule has 1 aromatic carbocycles. The van der Waals surface area contributed by atoms with Crippen LogP contribution < -0.4 is 10.1 Å². The quantitative estimate of drug-likeness (QED) is 0.844. The first kappa shape index (κ1) is 21.5. The number of pyridine rings is 1. The Morgan fingerprint density at radius 2 is 2.00 bits per heavy atom. The van der Waals surface area contributed by atoms with Crippen LogP contribution in [0.5, 0.6) is 5.75 Å². The van der Waals surface area contributed by atoms with Crippen LogP contribution in [0.1, 0.15) is 27.7 Å². The number of halogens is 2. The van der Waals surface area contributed by atoms with Crippen molar-refractivity contribution in [1.82, 2.24) is 15.2 Å². The van der Waals surface area contributed by atoms with Crippen molar-refractivity contribution in [2.24, 2.45) is 11.8 Å². The maximum atomic E-state index is 13.2. The van der Waals surface area contributed by atoms with Gasteiger partial charge >= 0.3 is 0 Å². The molecule has 2 fully saturated rings. The molecule has 1 amide bonds. The molecule has 0 radical (unpaired) electrons. The molecule has 2 aliphatic rings. The molecule has 2 aliphatic heterocycles. The fraction of sp³-hybridized carbons (Fsp3) is 0.400. The molecular weight excluding hydrogens is 385 g/mol. The molecule has 0 bridgehead atoms. The number of hydrogen-bond acceptors (Lipinski definition) is 4. The van der Waals surface area contributed by atoms with Gasteiger partial charge in [-0.05, 0) is 30.0 Å². The van der Waals surface area contributed by atoms with Gasteiger partial charge in [0.05, 0.1) is 13.2 Å². The van der Waals surface area contributed by atoms with Gasteiger partial charge in [-0.1, -0.05) is 24.3 Å². The van der Waals surface area contributed by atoms with Crippen LogP contribution in [0.25, 0.3) is 0 Å². The second kappa shape index (κ2) is 8.91. The Balaban J connectivity index is 0.00000131. The largest absolute Gasteiger partial charge is 0.497 e. The summed E-state index contributed by atoms with van der Waals surface area (Å²) in [5.74, 6) is 1.60. The Kier molecular flexibility index (Phi) is 7.09. The number of fused-ring (bicyclic) bond motifs is 1. The number of nitrogens with zero attached hydrogens (tertiary/aromatic N) is 2. The molecule has 2 saturated heterocycles. The number of carbonyl (C=O) groups is 1. The van der Waals surface area contributed by atoms with Crippen LogP contribution in [-0.4, -0.2) is 42.5 Å². The van der Waals surface area contributed by atoms with Crippen LogP contribution in [-0.2, 0) is 0 Å². The van der Waals surface area contributed by atoms with E-state index >= 15 is 0 Å². The Labute approximate surface area is 172 Å². The van der Waals surface area contributed by atoms with E-state index in [4.69, 9.17) is 4.74 Å². The summed E-state index contributed by atoms with van der Waals surface area (Å²) in [5.41, 5.74) is 2.93. The van der Waals surface area contributed by atoms with E-state index in [-0.39, 0.29) is 36.8 Å². The highest BCUT2D eigenvalue weighted by Gasteiger charge is 2.47. The number of aryl methyl sites for hydroxylation is 1. The number of likely N-dealkylation sites (tertiary alicyclic amines) is 1. The summed E-state index contributed by atoms with van der Waals surface area (Å²) in [5, 5.41) is 3.49. The minimum Gasteiger partial charge on any atom is -0.497 e. The Morgan fingerprint density at radius 3 is 2.74 bits per heavy atom. The zero-order valence-corrected chi connectivity index (χ0v) is 17.1. The second-order valence-corrected chi connectivity index (χ2v) is 6.92. The normalized spacial score (nSPS) is 23.2. The van der Waals surface area contributed by atoms with Crippen LogP contribution in [0, 0.1) is 18.8 Å². The van der Waals surface area contributed by atoms with Gasteiger partial charge in [0.25, 0.3) is 5.91 Å². The predicted molar refractivity (Wildman–Crippen MR) is 110 cm³/mol. The first-order valence-corrected chi connectivity index (χ1v) is 8.76. The molecular formula is C20H25Cl2N3O2. The number of methoxy groups -OCH3 is 1. The molecule has 4 rings (SSSR count). The van der Waals surface area contributed by atoms with E-state index in [9.17, 15) is 4.79 Å². The number of benzene rings is 1. The van der Waals surface area contributed by atoms with Crippen molar-refractivity contribution in [2.45, 2.75) is 13.0 Å². The molecule has 5 nitrogen and oxygen atoms in total. The molecule has 27 heavy (non-hydrogen) atoms. The zero-order chi connectivity index (χ0) is 17.4. The lowest BCUT2D eigenvalue weighted by atomic mass is 9.87. The summed E-state index contributed by atoms with van der Waals surface area (Å²) < 4.78 is 5.25. The summed E-state index contributed by atoms with van der Waals surface area (Å²) in [6, 6.07) is 12.0. The fourth-order valence-electron chi connectivity index (χ4n) is 4.25. The molecule has 0 saturated carbocycles. The van der Waals surface area contributed by atoms with Crippen molar-refractivity contribution in [1.29, 1.82) is 0 Å². The SMILES string of the molecule is COc1ccnc(C(=O)N2C[C@@H]3CNC[C@@H]3[C@H]2c2ccccc2C)c1.Cl.Cl. The molecule has 0 aliphatic carbocycles. The number of ether oxygens (including phenoxy) is 1. The summed E-state index contributed by atoms with van der Waals surface area (Å²) in [6.45, 7) is 4.83. The lowest BCUT2D eigenvalue weighted by Gasteiger charge is -2.29. The third-order valence-electron chi connectivity index (χ3n) is 5.52. The van der Waals surface area contributed by atoms with Gasteiger partial charge in [0.15, 0.2) is 0 Å². The average molecular weight is 410 g/mol. The molecule has 3 heterocycles. The number of aromatic nitrogens is 1. The van der Waals surface area contributed by atoms with E-state index < -0.39 is 0 Å². The maximum absolute atomic E-state index is 13.2. The highest BCUT2D eigenvalue weighted by Crippen LogP contribution is 2.44. The molecule has 3 atom stereocenters. The first-order chi connectivity index (χ1) is 12.2. The molecule has 0 unspecified atom stereocenters. The van der Waals surface area contributed by atoms with Crippen molar-refractivity contribution >= 4 is 30.7 Å². The Hall–Kier alpha value is -1.82. The second-order valence-electron chi connectivity index (χ2n) is 6.92. The Bertz CT molecular complexity index is 802. The minimum atomic E-state index is -0.0125. The topological polar surface area (TPSA) is 54.5 Å². The van der Waals surface area contributed by atoms with Crippen LogP contribution in [0.2, 0.25) is 0 Å². The lowest BCUT2D eigenvalue weighted by molar-refractivity contribution is 0.0707. The van der Waals surface area contributed by atoms with Crippen molar-refractivity contribution in [3.05, 3.63) is 59.4 Å². The first-order valence-electron chi connectivity index (χ1n) is 8.76. The molecule has 0 spiro atoms. The standard InChI is InChI=1S/C20H23N3O2.2ClH/c1-13-5-3-4-6-16(13)19-17-11-21-10-14(17)12-23(19)20(24)18-9-15(25-2)7-8-22-18;;/h3-9,14,17,19,21H,10-12H2,1-2H3;2*1H/t14-,17-,19+;;/m0../s1. The summed E-state index contributed by atoms with van der Waals surface area (Å²) in [6.07, 6.45) is 1.63. The van der Waals surface area contributed by atoms with E-state index in [1.54, 1.807) is 25.4 Å². The minimum absolute atomic E-state index is 0. The molecule has 1 aromatic heterocycles. The van der Waals surface area contributed by atoms with Gasteiger partial charge in [-0.3, -0.25) is 9.78 Å². The van der Waals surface area contributed by atoms with Gasteiger partial charge in [-0.15, -0.1) is 24.8 Å². The molecule has 7 heteroatoms. The van der Waals surface area contributed by atoms with Crippen LogP contribution in [0.15, 0.2) is 42.6 Å². The average Bonchev–Trinajstić information content (AvgIpc) is 3.23. The van der Waals surface area contributed by atoms with Crippen molar-refractivity contribution in [3.63, 3.8) is 0 Å². The van der Waals surface area contributed by atoms with E-state index in [0.717, 1.165) is 19.6 Å². The monoisotopic (exact) mass is 409 g/mol.